The second kappa shape index (κ2) is 8.16. The Bertz CT molecular complexity index is 209. The summed E-state index contributed by atoms with van der Waals surface area (Å²) < 4.78 is 0. The Balaban J connectivity index is 4.57. The summed E-state index contributed by atoms with van der Waals surface area (Å²) in [5, 5.41) is 3.75. The fourth-order valence-electron chi connectivity index (χ4n) is 2.56. The fraction of sp³-hybridized carbons (Fsp3) is 1.00. The molecule has 110 valence electrons. The van der Waals surface area contributed by atoms with Crippen LogP contribution in [0.15, 0.2) is 0 Å². The number of rotatable bonds is 9. The first-order valence-corrected chi connectivity index (χ1v) is 7.62. The van der Waals surface area contributed by atoms with Gasteiger partial charge in [-0.25, -0.2) is 0 Å². The molecule has 2 heteroatoms. The zero-order valence-corrected chi connectivity index (χ0v) is 14.0. The first kappa shape index (κ1) is 17.9. The third kappa shape index (κ3) is 6.19. The van der Waals surface area contributed by atoms with E-state index in [2.05, 4.69) is 65.9 Å². The highest BCUT2D eigenvalue weighted by atomic mass is 15.2. The van der Waals surface area contributed by atoms with Crippen LogP contribution >= 0.6 is 0 Å². The highest BCUT2D eigenvalue weighted by Crippen LogP contribution is 2.25. The summed E-state index contributed by atoms with van der Waals surface area (Å²) in [6.45, 7) is 15.1. The highest BCUT2D eigenvalue weighted by Gasteiger charge is 2.32. The van der Waals surface area contributed by atoms with Crippen molar-refractivity contribution in [3.05, 3.63) is 0 Å². The van der Waals surface area contributed by atoms with Gasteiger partial charge in [-0.15, -0.1) is 0 Å². The Morgan fingerprint density at radius 2 is 1.61 bits per heavy atom. The van der Waals surface area contributed by atoms with Gasteiger partial charge in [-0.3, -0.25) is 0 Å². The van der Waals surface area contributed by atoms with Gasteiger partial charge in [0.2, 0.25) is 0 Å². The van der Waals surface area contributed by atoms with Crippen LogP contribution in [0.2, 0.25) is 0 Å². The molecule has 0 amide bonds. The van der Waals surface area contributed by atoms with Gasteiger partial charge in [-0.2, -0.15) is 0 Å². The third-order valence-electron chi connectivity index (χ3n) is 4.16. The van der Waals surface area contributed by atoms with Crippen LogP contribution in [0.25, 0.3) is 0 Å². The molecule has 0 radical (unpaired) electrons. The van der Waals surface area contributed by atoms with Crippen molar-refractivity contribution in [1.29, 1.82) is 0 Å². The standard InChI is InChI=1S/C16H36N2/c1-9-10-17-15(16(5,6)18(7)8)12-14(4)11-13(2)3/h13-15,17H,9-12H2,1-8H3. The molecule has 0 fully saturated rings. The number of hydrogen-bond donors (Lipinski definition) is 1. The zero-order chi connectivity index (χ0) is 14.3. The second-order valence-corrected chi connectivity index (χ2v) is 7.03. The molecule has 0 aromatic carbocycles. The average molecular weight is 256 g/mol. The Morgan fingerprint density at radius 1 is 1.06 bits per heavy atom. The molecule has 18 heavy (non-hydrogen) atoms. The summed E-state index contributed by atoms with van der Waals surface area (Å²) in [4.78, 5) is 2.35. The molecule has 2 atom stereocenters. The summed E-state index contributed by atoms with van der Waals surface area (Å²) >= 11 is 0. The van der Waals surface area contributed by atoms with Crippen molar-refractivity contribution < 1.29 is 0 Å². The van der Waals surface area contributed by atoms with E-state index in [9.17, 15) is 0 Å². The molecule has 0 aliphatic heterocycles. The van der Waals surface area contributed by atoms with Crippen LogP contribution in [0, 0.1) is 11.8 Å². The molecule has 0 saturated heterocycles. The molecular formula is C16H36N2. The minimum Gasteiger partial charge on any atom is -0.312 e. The lowest BCUT2D eigenvalue weighted by atomic mass is 9.83. The quantitative estimate of drug-likeness (QED) is 0.675. The maximum absolute atomic E-state index is 3.75. The van der Waals surface area contributed by atoms with E-state index >= 15 is 0 Å². The molecule has 0 bridgehead atoms. The van der Waals surface area contributed by atoms with Crippen molar-refractivity contribution in [2.24, 2.45) is 11.8 Å². The molecule has 0 rings (SSSR count). The largest absolute Gasteiger partial charge is 0.312 e. The normalized spacial score (nSPS) is 16.3. The van der Waals surface area contributed by atoms with Gasteiger partial charge in [-0.05, 0) is 65.6 Å². The smallest absolute Gasteiger partial charge is 0.0300 e. The second-order valence-electron chi connectivity index (χ2n) is 7.03. The Kier molecular flexibility index (Phi) is 8.13. The van der Waals surface area contributed by atoms with Crippen molar-refractivity contribution in [2.45, 2.75) is 72.4 Å². The maximum Gasteiger partial charge on any atom is 0.0300 e. The van der Waals surface area contributed by atoms with Crippen LogP contribution in [-0.2, 0) is 0 Å². The van der Waals surface area contributed by atoms with Crippen molar-refractivity contribution in [3.63, 3.8) is 0 Å². The van der Waals surface area contributed by atoms with E-state index in [4.69, 9.17) is 0 Å². The molecule has 0 aromatic rings. The van der Waals surface area contributed by atoms with Gasteiger partial charge in [0.25, 0.3) is 0 Å². The zero-order valence-electron chi connectivity index (χ0n) is 14.0. The van der Waals surface area contributed by atoms with Crippen molar-refractivity contribution in [3.8, 4) is 0 Å². The predicted octanol–water partition coefficient (Wildman–Crippen LogP) is 3.77. The Labute approximate surface area is 116 Å². The van der Waals surface area contributed by atoms with E-state index in [-0.39, 0.29) is 5.54 Å². The van der Waals surface area contributed by atoms with E-state index in [1.54, 1.807) is 0 Å². The van der Waals surface area contributed by atoms with Crippen LogP contribution in [0.5, 0.6) is 0 Å². The van der Waals surface area contributed by atoms with Crippen molar-refractivity contribution in [1.82, 2.24) is 10.2 Å². The lowest BCUT2D eigenvalue weighted by molar-refractivity contribution is 0.120. The summed E-state index contributed by atoms with van der Waals surface area (Å²) in [5.41, 5.74) is 0.209. The number of nitrogens with zero attached hydrogens (tertiary/aromatic N) is 1. The summed E-state index contributed by atoms with van der Waals surface area (Å²) in [5.74, 6) is 1.59. The van der Waals surface area contributed by atoms with Crippen LogP contribution < -0.4 is 5.32 Å². The average Bonchev–Trinajstić information content (AvgIpc) is 2.22. The molecular weight excluding hydrogens is 220 g/mol. The lowest BCUT2D eigenvalue weighted by Gasteiger charge is -2.42. The molecule has 0 aliphatic carbocycles. The Morgan fingerprint density at radius 3 is 2.00 bits per heavy atom. The van der Waals surface area contributed by atoms with E-state index in [0.29, 0.717) is 6.04 Å². The topological polar surface area (TPSA) is 15.3 Å². The molecule has 0 aliphatic rings. The van der Waals surface area contributed by atoms with Gasteiger partial charge in [-0.1, -0.05) is 27.7 Å². The molecule has 0 saturated carbocycles. The molecule has 2 nitrogen and oxygen atoms in total. The fourth-order valence-corrected chi connectivity index (χ4v) is 2.56. The minimum absolute atomic E-state index is 0.209. The number of hydrogen-bond acceptors (Lipinski definition) is 2. The predicted molar refractivity (Wildman–Crippen MR) is 83.1 cm³/mol. The van der Waals surface area contributed by atoms with E-state index < -0.39 is 0 Å². The molecule has 1 N–H and O–H groups in total. The summed E-state index contributed by atoms with van der Waals surface area (Å²) in [6.07, 6.45) is 3.80. The van der Waals surface area contributed by atoms with E-state index in [1.807, 2.05) is 0 Å². The first-order chi connectivity index (χ1) is 8.21. The Hall–Kier alpha value is -0.0800. The lowest BCUT2D eigenvalue weighted by Crippen LogP contribution is -2.55. The highest BCUT2D eigenvalue weighted by molar-refractivity contribution is 4.92. The van der Waals surface area contributed by atoms with Gasteiger partial charge in [0, 0.05) is 11.6 Å². The van der Waals surface area contributed by atoms with Crippen LogP contribution in [0.1, 0.15) is 60.8 Å². The van der Waals surface area contributed by atoms with E-state index in [1.165, 1.54) is 19.3 Å². The van der Waals surface area contributed by atoms with Crippen LogP contribution in [0.4, 0.5) is 0 Å². The first-order valence-electron chi connectivity index (χ1n) is 7.62. The number of nitrogens with one attached hydrogen (secondary N) is 1. The van der Waals surface area contributed by atoms with Gasteiger partial charge < -0.3 is 10.2 Å². The van der Waals surface area contributed by atoms with Gasteiger partial charge in [0.15, 0.2) is 0 Å². The summed E-state index contributed by atoms with van der Waals surface area (Å²) in [6, 6.07) is 0.571. The molecule has 0 spiro atoms. The SMILES string of the molecule is CCCNC(CC(C)CC(C)C)C(C)(C)N(C)C. The monoisotopic (exact) mass is 256 g/mol. The minimum atomic E-state index is 0.209. The van der Waals surface area contributed by atoms with E-state index in [0.717, 1.165) is 18.4 Å². The van der Waals surface area contributed by atoms with Crippen molar-refractivity contribution in [2.75, 3.05) is 20.6 Å². The molecule has 2 unspecified atom stereocenters. The molecule has 0 heterocycles. The maximum atomic E-state index is 3.75. The number of likely N-dealkylation sites (N-methyl/N-ethyl adjacent to an activating group) is 1. The molecule has 0 aromatic heterocycles. The van der Waals surface area contributed by atoms with Crippen LogP contribution in [0.3, 0.4) is 0 Å². The van der Waals surface area contributed by atoms with Gasteiger partial charge >= 0.3 is 0 Å². The summed E-state index contributed by atoms with van der Waals surface area (Å²) in [7, 11) is 4.38. The van der Waals surface area contributed by atoms with Gasteiger partial charge in [0.1, 0.15) is 0 Å². The van der Waals surface area contributed by atoms with Crippen LogP contribution in [-0.4, -0.2) is 37.1 Å². The third-order valence-corrected chi connectivity index (χ3v) is 4.16. The van der Waals surface area contributed by atoms with Crippen molar-refractivity contribution >= 4 is 0 Å². The van der Waals surface area contributed by atoms with Gasteiger partial charge in [0.05, 0.1) is 0 Å².